The molecule has 0 bridgehead atoms. The van der Waals surface area contributed by atoms with Crippen LogP contribution in [-0.2, 0) is 14.2 Å². The van der Waals surface area contributed by atoms with Gasteiger partial charge in [-0.05, 0) is 47.0 Å². The van der Waals surface area contributed by atoms with Crippen molar-refractivity contribution in [1.82, 2.24) is 4.90 Å². The van der Waals surface area contributed by atoms with Crippen LogP contribution in [0.3, 0.4) is 0 Å². The highest BCUT2D eigenvalue weighted by Gasteiger charge is 2.40. The first kappa shape index (κ1) is 18.2. The Morgan fingerprint density at radius 2 is 1.95 bits per heavy atom. The van der Waals surface area contributed by atoms with Crippen molar-refractivity contribution in [2.75, 3.05) is 33.0 Å². The molecular weight excluding hydrogens is 274 g/mol. The lowest BCUT2D eigenvalue weighted by Gasteiger charge is -2.44. The summed E-state index contributed by atoms with van der Waals surface area (Å²) in [6, 6.07) is 0. The van der Waals surface area contributed by atoms with E-state index in [1.807, 2.05) is 27.7 Å². The molecule has 6 nitrogen and oxygen atoms in total. The van der Waals surface area contributed by atoms with Gasteiger partial charge in [0, 0.05) is 6.54 Å². The molecule has 0 saturated carbocycles. The molecule has 0 aromatic rings. The van der Waals surface area contributed by atoms with E-state index < -0.39 is 11.3 Å². The van der Waals surface area contributed by atoms with E-state index in [0.717, 1.165) is 19.3 Å². The second kappa shape index (κ2) is 7.96. The summed E-state index contributed by atoms with van der Waals surface area (Å²) in [5, 5.41) is 8.65. The predicted molar refractivity (Wildman–Crippen MR) is 79.1 cm³/mol. The second-order valence-corrected chi connectivity index (χ2v) is 6.45. The molecule has 1 amide bonds. The highest BCUT2D eigenvalue weighted by Crippen LogP contribution is 2.30. The van der Waals surface area contributed by atoms with E-state index in [2.05, 4.69) is 0 Å². The molecule has 1 N–H and O–H groups in total. The van der Waals surface area contributed by atoms with Crippen LogP contribution in [0.15, 0.2) is 0 Å². The summed E-state index contributed by atoms with van der Waals surface area (Å²) in [5.74, 6) is 0. The fraction of sp³-hybridized carbons (Fsp3) is 0.933. The number of hydrogen-bond donors (Lipinski definition) is 1. The van der Waals surface area contributed by atoms with Gasteiger partial charge in [0.1, 0.15) is 11.3 Å². The van der Waals surface area contributed by atoms with Gasteiger partial charge in [0.05, 0.1) is 26.4 Å². The number of nitrogens with zero attached hydrogens (tertiary/aromatic N) is 1. The zero-order valence-corrected chi connectivity index (χ0v) is 13.7. The van der Waals surface area contributed by atoms with Crippen LogP contribution in [0.2, 0.25) is 0 Å². The van der Waals surface area contributed by atoms with Gasteiger partial charge in [0.25, 0.3) is 0 Å². The maximum atomic E-state index is 12.3. The Balaban J connectivity index is 2.56. The lowest BCUT2D eigenvalue weighted by molar-refractivity contribution is -0.163. The maximum Gasteiger partial charge on any atom is 0.412 e. The topological polar surface area (TPSA) is 68.2 Å². The SMILES string of the molecule is CC(C)(C)OC(=O)N1CCCCC1(C)OCCOCCO. The maximum absolute atomic E-state index is 12.3. The van der Waals surface area contributed by atoms with Gasteiger partial charge in [0.2, 0.25) is 0 Å². The molecule has 0 radical (unpaired) electrons. The fourth-order valence-corrected chi connectivity index (χ4v) is 2.33. The molecular formula is C15H29NO5. The molecule has 1 saturated heterocycles. The molecule has 0 spiro atoms. The van der Waals surface area contributed by atoms with Crippen molar-refractivity contribution in [3.05, 3.63) is 0 Å². The summed E-state index contributed by atoms with van der Waals surface area (Å²) >= 11 is 0. The summed E-state index contributed by atoms with van der Waals surface area (Å²) in [7, 11) is 0. The van der Waals surface area contributed by atoms with Gasteiger partial charge < -0.3 is 19.3 Å². The Kier molecular flexibility index (Phi) is 6.90. The number of aliphatic hydroxyl groups excluding tert-OH is 1. The molecule has 6 heteroatoms. The number of piperidine rings is 1. The monoisotopic (exact) mass is 303 g/mol. The third-order valence-corrected chi connectivity index (χ3v) is 3.33. The van der Waals surface area contributed by atoms with Crippen molar-refractivity contribution < 1.29 is 24.1 Å². The van der Waals surface area contributed by atoms with Gasteiger partial charge in [0.15, 0.2) is 0 Å². The van der Waals surface area contributed by atoms with E-state index in [1.165, 1.54) is 0 Å². The fourth-order valence-electron chi connectivity index (χ4n) is 2.33. The van der Waals surface area contributed by atoms with Crippen molar-refractivity contribution in [2.45, 2.75) is 58.3 Å². The number of ether oxygens (including phenoxy) is 3. The first-order chi connectivity index (χ1) is 9.78. The van der Waals surface area contributed by atoms with E-state index in [1.54, 1.807) is 4.90 Å². The van der Waals surface area contributed by atoms with E-state index in [-0.39, 0.29) is 12.7 Å². The molecule has 1 aliphatic heterocycles. The van der Waals surface area contributed by atoms with Crippen LogP contribution in [0.4, 0.5) is 4.79 Å². The number of carbonyl (C=O) groups excluding carboxylic acids is 1. The third-order valence-electron chi connectivity index (χ3n) is 3.33. The molecule has 0 aliphatic carbocycles. The summed E-state index contributed by atoms with van der Waals surface area (Å²) in [6.07, 6.45) is 2.43. The number of likely N-dealkylation sites (tertiary alicyclic amines) is 1. The Labute approximate surface area is 127 Å². The van der Waals surface area contributed by atoms with Crippen molar-refractivity contribution in [3.63, 3.8) is 0 Å². The first-order valence-electron chi connectivity index (χ1n) is 7.62. The summed E-state index contributed by atoms with van der Waals surface area (Å²) < 4.78 is 16.5. The van der Waals surface area contributed by atoms with Crippen LogP contribution in [-0.4, -0.2) is 60.4 Å². The normalized spacial score (nSPS) is 23.2. The molecule has 1 rings (SSSR count). The molecule has 1 fully saturated rings. The Bertz CT molecular complexity index is 329. The molecule has 1 aliphatic rings. The highest BCUT2D eigenvalue weighted by atomic mass is 16.6. The molecule has 21 heavy (non-hydrogen) atoms. The molecule has 1 atom stereocenters. The minimum absolute atomic E-state index is 0.00129. The van der Waals surface area contributed by atoms with Gasteiger partial charge >= 0.3 is 6.09 Å². The van der Waals surface area contributed by atoms with E-state index >= 15 is 0 Å². The van der Waals surface area contributed by atoms with Gasteiger partial charge in [-0.15, -0.1) is 0 Å². The molecule has 0 aromatic carbocycles. The van der Waals surface area contributed by atoms with Crippen LogP contribution < -0.4 is 0 Å². The standard InChI is InChI=1S/C15H29NO5/c1-14(2,3)21-13(18)16-8-6-5-7-15(16,4)20-12-11-19-10-9-17/h17H,5-12H2,1-4H3. The Morgan fingerprint density at radius 3 is 2.57 bits per heavy atom. The van der Waals surface area contributed by atoms with E-state index in [4.69, 9.17) is 19.3 Å². The van der Waals surface area contributed by atoms with Crippen LogP contribution in [0.25, 0.3) is 0 Å². The number of rotatable bonds is 6. The van der Waals surface area contributed by atoms with E-state index in [9.17, 15) is 4.79 Å². The van der Waals surface area contributed by atoms with Crippen molar-refractivity contribution in [3.8, 4) is 0 Å². The number of amides is 1. The molecule has 124 valence electrons. The smallest absolute Gasteiger partial charge is 0.412 e. The zero-order chi connectivity index (χ0) is 15.9. The van der Waals surface area contributed by atoms with Crippen LogP contribution in [0.5, 0.6) is 0 Å². The summed E-state index contributed by atoms with van der Waals surface area (Å²) in [4.78, 5) is 14.0. The van der Waals surface area contributed by atoms with Crippen LogP contribution >= 0.6 is 0 Å². The Morgan fingerprint density at radius 1 is 1.24 bits per heavy atom. The Hall–Kier alpha value is -0.850. The highest BCUT2D eigenvalue weighted by molar-refractivity contribution is 5.69. The summed E-state index contributed by atoms with van der Waals surface area (Å²) in [5.41, 5.74) is -1.16. The average Bonchev–Trinajstić information content (AvgIpc) is 2.36. The largest absolute Gasteiger partial charge is 0.444 e. The van der Waals surface area contributed by atoms with Gasteiger partial charge in [-0.1, -0.05) is 0 Å². The van der Waals surface area contributed by atoms with Gasteiger partial charge in [-0.3, -0.25) is 4.90 Å². The number of carbonyl (C=O) groups is 1. The number of aliphatic hydroxyl groups is 1. The number of hydrogen-bond acceptors (Lipinski definition) is 5. The molecule has 1 heterocycles. The first-order valence-corrected chi connectivity index (χ1v) is 7.62. The summed E-state index contributed by atoms with van der Waals surface area (Å²) in [6.45, 7) is 9.22. The van der Waals surface area contributed by atoms with Gasteiger partial charge in [-0.2, -0.15) is 0 Å². The van der Waals surface area contributed by atoms with Crippen LogP contribution in [0.1, 0.15) is 47.0 Å². The van der Waals surface area contributed by atoms with Crippen LogP contribution in [0, 0.1) is 0 Å². The van der Waals surface area contributed by atoms with Crippen molar-refractivity contribution >= 4 is 6.09 Å². The van der Waals surface area contributed by atoms with E-state index in [0.29, 0.717) is 26.4 Å². The predicted octanol–water partition coefficient (Wildman–Crippen LogP) is 2.15. The lowest BCUT2D eigenvalue weighted by Crippen LogP contribution is -2.55. The zero-order valence-electron chi connectivity index (χ0n) is 13.7. The minimum atomic E-state index is -0.650. The van der Waals surface area contributed by atoms with Crippen molar-refractivity contribution in [2.24, 2.45) is 0 Å². The third kappa shape index (κ3) is 6.20. The average molecular weight is 303 g/mol. The van der Waals surface area contributed by atoms with Gasteiger partial charge in [-0.25, -0.2) is 4.79 Å². The molecule has 0 aromatic heterocycles. The quantitative estimate of drug-likeness (QED) is 0.762. The minimum Gasteiger partial charge on any atom is -0.444 e. The molecule has 1 unspecified atom stereocenters. The second-order valence-electron chi connectivity index (χ2n) is 6.45. The van der Waals surface area contributed by atoms with Crippen molar-refractivity contribution in [1.29, 1.82) is 0 Å². The lowest BCUT2D eigenvalue weighted by atomic mass is 10.0.